The highest BCUT2D eigenvalue weighted by Crippen LogP contribution is 2.39. The maximum Gasteiger partial charge on any atom is 0.255 e. The smallest absolute Gasteiger partial charge is 0.255 e. The van der Waals surface area contributed by atoms with Gasteiger partial charge in [0.15, 0.2) is 5.69 Å². The van der Waals surface area contributed by atoms with Gasteiger partial charge in [0.1, 0.15) is 17.2 Å². The van der Waals surface area contributed by atoms with Crippen molar-refractivity contribution in [3.05, 3.63) is 52.5 Å². The van der Waals surface area contributed by atoms with Crippen molar-refractivity contribution in [2.24, 2.45) is 5.73 Å². The minimum atomic E-state index is -0.752. The number of rotatable bonds is 6. The van der Waals surface area contributed by atoms with E-state index in [0.29, 0.717) is 28.7 Å². The molecule has 1 aliphatic carbocycles. The van der Waals surface area contributed by atoms with E-state index in [9.17, 15) is 14.7 Å². The summed E-state index contributed by atoms with van der Waals surface area (Å²) in [6.45, 7) is 5.48. The molecule has 3 aromatic rings. The molecule has 1 saturated heterocycles. The van der Waals surface area contributed by atoms with Crippen LogP contribution in [0.2, 0.25) is 5.02 Å². The minimum absolute atomic E-state index is 0.145. The molecule has 5 N–H and O–H groups in total. The van der Waals surface area contributed by atoms with Crippen molar-refractivity contribution in [1.29, 1.82) is 0 Å². The Hall–Kier alpha value is -3.81. The molecule has 0 radical (unpaired) electrons. The first-order valence-electron chi connectivity index (χ1n) is 12.1. The van der Waals surface area contributed by atoms with Crippen LogP contribution in [0.15, 0.2) is 24.8 Å². The quantitative estimate of drug-likeness (QED) is 0.290. The summed E-state index contributed by atoms with van der Waals surface area (Å²) in [5.74, 6) is 6.86. The van der Waals surface area contributed by atoms with E-state index in [-0.39, 0.29) is 29.8 Å². The van der Waals surface area contributed by atoms with E-state index in [2.05, 4.69) is 38.8 Å². The van der Waals surface area contributed by atoms with Crippen LogP contribution in [0.1, 0.15) is 65.6 Å². The Morgan fingerprint density at radius 3 is 2.76 bits per heavy atom. The van der Waals surface area contributed by atoms with E-state index in [1.165, 1.54) is 6.08 Å². The molecule has 5 rings (SSSR count). The largest absolute Gasteiger partial charge is 0.391 e. The van der Waals surface area contributed by atoms with E-state index < -0.39 is 18.1 Å². The third-order valence-electron chi connectivity index (χ3n) is 6.94. The second-order valence-corrected chi connectivity index (χ2v) is 9.93. The fraction of sp³-hybridized carbons (Fsp3) is 0.385. The van der Waals surface area contributed by atoms with Gasteiger partial charge in [0, 0.05) is 25.1 Å². The van der Waals surface area contributed by atoms with Crippen LogP contribution < -0.4 is 11.1 Å². The Balaban J connectivity index is 1.53. The number of H-pyrrole nitrogens is 1. The standard InChI is InChI=1S/C26H28ClN7O3/c1-4-22(36)33-12-16(10-21(33)13(2)35)34-26(29-3)23(24(28)37)18(32-34)8-7-15-9-19-20(11-17(15)27)31-25(30-19)14-5-6-14/h4,9,11,13-14,16,21,29,35H,1,5-6,10,12H2,2-3H3,(H2,28,37)(H,30,31)/t13-,16-,21+/m0/s1. The minimum Gasteiger partial charge on any atom is -0.391 e. The summed E-state index contributed by atoms with van der Waals surface area (Å²) in [5, 5.41) is 18.3. The number of aromatic amines is 1. The van der Waals surface area contributed by atoms with E-state index >= 15 is 0 Å². The van der Waals surface area contributed by atoms with Crippen LogP contribution in [-0.4, -0.2) is 67.3 Å². The molecular weight excluding hydrogens is 494 g/mol. The predicted octanol–water partition coefficient (Wildman–Crippen LogP) is 2.54. The van der Waals surface area contributed by atoms with Crippen molar-refractivity contribution in [2.45, 2.75) is 50.3 Å². The number of primary amides is 1. The Kier molecular flexibility index (Phi) is 6.43. The average molecular weight is 522 g/mol. The highest BCUT2D eigenvalue weighted by atomic mass is 35.5. The fourth-order valence-electron chi connectivity index (χ4n) is 4.93. The Labute approximate surface area is 218 Å². The summed E-state index contributed by atoms with van der Waals surface area (Å²) in [6, 6.07) is 2.88. The molecule has 1 saturated carbocycles. The summed E-state index contributed by atoms with van der Waals surface area (Å²) < 4.78 is 1.62. The molecule has 2 fully saturated rings. The molecule has 2 aliphatic rings. The van der Waals surface area contributed by atoms with Gasteiger partial charge in [0.25, 0.3) is 5.91 Å². The zero-order valence-electron chi connectivity index (χ0n) is 20.6. The van der Waals surface area contributed by atoms with Crippen molar-refractivity contribution in [3.63, 3.8) is 0 Å². The number of likely N-dealkylation sites (tertiary alicyclic amines) is 1. The summed E-state index contributed by atoms with van der Waals surface area (Å²) in [7, 11) is 1.66. The van der Waals surface area contributed by atoms with Gasteiger partial charge in [-0.2, -0.15) is 5.10 Å². The van der Waals surface area contributed by atoms with Crippen molar-refractivity contribution in [3.8, 4) is 11.8 Å². The lowest BCUT2D eigenvalue weighted by Gasteiger charge is -2.25. The van der Waals surface area contributed by atoms with Crippen molar-refractivity contribution in [2.75, 3.05) is 18.9 Å². The van der Waals surface area contributed by atoms with Crippen LogP contribution in [0.5, 0.6) is 0 Å². The molecule has 1 aliphatic heterocycles. The number of carbonyl (C=O) groups is 2. The lowest BCUT2D eigenvalue weighted by molar-refractivity contribution is -0.128. The zero-order chi connectivity index (χ0) is 26.4. The number of halogens is 1. The lowest BCUT2D eigenvalue weighted by Crippen LogP contribution is -2.40. The maximum atomic E-state index is 12.5. The van der Waals surface area contributed by atoms with E-state index in [1.54, 1.807) is 29.6 Å². The van der Waals surface area contributed by atoms with Gasteiger partial charge in [-0.1, -0.05) is 24.1 Å². The number of imidazole rings is 1. The van der Waals surface area contributed by atoms with Gasteiger partial charge < -0.3 is 26.0 Å². The highest BCUT2D eigenvalue weighted by Gasteiger charge is 2.40. The molecule has 0 bridgehead atoms. The summed E-state index contributed by atoms with van der Waals surface area (Å²) in [5.41, 5.74) is 8.25. The van der Waals surface area contributed by atoms with Crippen molar-refractivity contribution < 1.29 is 14.7 Å². The van der Waals surface area contributed by atoms with Gasteiger partial charge in [0.05, 0.1) is 34.2 Å². The van der Waals surface area contributed by atoms with Crippen molar-refractivity contribution in [1.82, 2.24) is 24.6 Å². The number of nitrogens with two attached hydrogens (primary N) is 1. The third-order valence-corrected chi connectivity index (χ3v) is 7.26. The molecule has 1 aromatic carbocycles. The molecule has 2 aromatic heterocycles. The molecule has 0 unspecified atom stereocenters. The van der Waals surface area contributed by atoms with Crippen LogP contribution in [-0.2, 0) is 4.79 Å². The number of fused-ring (bicyclic) bond motifs is 1. The number of hydrogen-bond donors (Lipinski definition) is 4. The molecule has 10 nitrogen and oxygen atoms in total. The number of amides is 2. The molecule has 2 amide bonds. The topological polar surface area (TPSA) is 142 Å². The first-order valence-corrected chi connectivity index (χ1v) is 12.5. The third kappa shape index (κ3) is 4.56. The second kappa shape index (κ2) is 9.57. The first kappa shape index (κ1) is 24.9. The number of nitrogens with zero attached hydrogens (tertiary/aromatic N) is 4. The zero-order valence-corrected chi connectivity index (χ0v) is 21.3. The molecule has 37 heavy (non-hydrogen) atoms. The van der Waals surface area contributed by atoms with Crippen molar-refractivity contribution >= 4 is 40.3 Å². The van der Waals surface area contributed by atoms with Gasteiger partial charge in [-0.3, -0.25) is 9.59 Å². The number of aliphatic hydroxyl groups excluding tert-OH is 1. The van der Waals surface area contributed by atoms with Crippen LogP contribution in [0, 0.1) is 11.8 Å². The Bertz CT molecular complexity index is 1470. The highest BCUT2D eigenvalue weighted by molar-refractivity contribution is 6.32. The molecule has 3 heterocycles. The second-order valence-electron chi connectivity index (χ2n) is 9.52. The molecule has 192 valence electrons. The monoisotopic (exact) mass is 521 g/mol. The van der Waals surface area contributed by atoms with Crippen LogP contribution in [0.3, 0.4) is 0 Å². The van der Waals surface area contributed by atoms with Gasteiger partial charge in [-0.25, -0.2) is 9.67 Å². The lowest BCUT2D eigenvalue weighted by atomic mass is 10.1. The number of aliphatic hydroxyl groups is 1. The number of hydrogen-bond acceptors (Lipinski definition) is 6. The fourth-order valence-corrected chi connectivity index (χ4v) is 5.14. The maximum absolute atomic E-state index is 12.5. The van der Waals surface area contributed by atoms with Gasteiger partial charge in [-0.15, -0.1) is 0 Å². The summed E-state index contributed by atoms with van der Waals surface area (Å²) in [4.78, 5) is 34.4. The summed E-state index contributed by atoms with van der Waals surface area (Å²) >= 11 is 6.49. The predicted molar refractivity (Wildman–Crippen MR) is 140 cm³/mol. The molecule has 3 atom stereocenters. The van der Waals surface area contributed by atoms with Crippen LogP contribution in [0.25, 0.3) is 11.0 Å². The molecular formula is C26H28ClN7O3. The van der Waals surface area contributed by atoms with Crippen LogP contribution in [0.4, 0.5) is 5.82 Å². The van der Waals surface area contributed by atoms with Crippen LogP contribution >= 0.6 is 11.6 Å². The Morgan fingerprint density at radius 2 is 2.14 bits per heavy atom. The summed E-state index contributed by atoms with van der Waals surface area (Å²) in [6.07, 6.45) is 3.16. The van der Waals surface area contributed by atoms with E-state index in [0.717, 1.165) is 29.7 Å². The van der Waals surface area contributed by atoms with E-state index in [1.807, 2.05) is 6.07 Å². The number of anilines is 1. The normalized spacial score (nSPS) is 19.9. The van der Waals surface area contributed by atoms with Gasteiger partial charge in [0.2, 0.25) is 5.91 Å². The first-order chi connectivity index (χ1) is 17.7. The van der Waals surface area contributed by atoms with Gasteiger partial charge in [-0.05, 0) is 50.3 Å². The number of carbonyl (C=O) groups excluding carboxylic acids is 2. The van der Waals surface area contributed by atoms with E-state index in [4.69, 9.17) is 17.3 Å². The number of benzene rings is 1. The SMILES string of the molecule is C=CC(=O)N1C[C@@H](n2nc(C#Cc3cc4[nH]c(C5CC5)nc4cc3Cl)c(C(N)=O)c2NC)C[C@@H]1[C@H](C)O. The Morgan fingerprint density at radius 1 is 1.38 bits per heavy atom. The number of aromatic nitrogens is 4. The molecule has 0 spiro atoms. The average Bonchev–Trinajstić information content (AvgIpc) is 3.32. The van der Waals surface area contributed by atoms with Gasteiger partial charge >= 0.3 is 0 Å². The molecule has 11 heteroatoms. The number of nitrogens with one attached hydrogen (secondary N) is 2.